The molecule has 0 aromatic heterocycles. The Labute approximate surface area is 249 Å². The Hall–Kier alpha value is -3.43. The van der Waals surface area contributed by atoms with Gasteiger partial charge in [0.1, 0.15) is 5.60 Å². The van der Waals surface area contributed by atoms with E-state index in [9.17, 15) is 13.8 Å². The first-order valence-electron chi connectivity index (χ1n) is 14.8. The lowest BCUT2D eigenvalue weighted by Crippen LogP contribution is -2.46. The standard InChI is InChI=1S/C33H42N4O4S/c1-24(29-11-7-9-26-8-5-6-10-30(26)29)34-27-16-17-37(23-27)28-14-12-25(13-15-28)22-31(38)35-42(40)20-18-36(19-21-42)32(39)41-33(2,3)4/h5-15,24,27,34H,16-23H2,1-4H3/t24-,27+/m1/s1. The van der Waals surface area contributed by atoms with E-state index in [1.54, 1.807) is 0 Å². The second kappa shape index (κ2) is 12.4. The smallest absolute Gasteiger partial charge is 0.410 e. The lowest BCUT2D eigenvalue weighted by atomic mass is 9.99. The SMILES string of the molecule is C[C@@H](N[C@H]1CCN(c2ccc(CC(=O)N=S3(=O)CCN(C(=O)OC(C)(C)C)CC3)cc2)C1)c1cccc2ccccc12. The van der Waals surface area contributed by atoms with Gasteiger partial charge in [-0.2, -0.15) is 4.36 Å². The van der Waals surface area contributed by atoms with Crippen LogP contribution in [0.5, 0.6) is 0 Å². The van der Waals surface area contributed by atoms with Crippen LogP contribution in [0.4, 0.5) is 10.5 Å². The van der Waals surface area contributed by atoms with E-state index in [1.807, 2.05) is 32.9 Å². The fourth-order valence-corrected chi connectivity index (χ4v) is 7.57. The number of fused-ring (bicyclic) bond motifs is 1. The second-order valence-corrected chi connectivity index (χ2v) is 14.9. The zero-order valence-electron chi connectivity index (χ0n) is 25.0. The predicted octanol–water partition coefficient (Wildman–Crippen LogP) is 5.56. The molecule has 9 heteroatoms. The molecule has 2 fully saturated rings. The fourth-order valence-electron chi connectivity index (χ4n) is 5.74. The van der Waals surface area contributed by atoms with Crippen molar-refractivity contribution in [3.05, 3.63) is 77.9 Å². The molecule has 0 bridgehead atoms. The molecule has 3 aromatic rings. The minimum absolute atomic E-state index is 0.111. The first-order valence-corrected chi connectivity index (χ1v) is 16.6. The third-order valence-electron chi connectivity index (χ3n) is 7.90. The molecule has 8 nitrogen and oxygen atoms in total. The lowest BCUT2D eigenvalue weighted by molar-refractivity contribution is -0.117. The molecule has 2 saturated heterocycles. The highest BCUT2D eigenvalue weighted by Gasteiger charge is 2.29. The Morgan fingerprint density at radius 2 is 1.69 bits per heavy atom. The van der Waals surface area contributed by atoms with E-state index in [0.29, 0.717) is 6.04 Å². The molecule has 2 heterocycles. The largest absolute Gasteiger partial charge is 0.444 e. The summed E-state index contributed by atoms with van der Waals surface area (Å²) in [5.41, 5.74) is 2.71. The van der Waals surface area contributed by atoms with Gasteiger partial charge >= 0.3 is 6.09 Å². The number of anilines is 1. The van der Waals surface area contributed by atoms with Crippen LogP contribution in [0.25, 0.3) is 10.8 Å². The first-order chi connectivity index (χ1) is 20.0. The molecule has 5 rings (SSSR count). The normalized spacial score (nSPS) is 19.5. The van der Waals surface area contributed by atoms with Gasteiger partial charge in [0.25, 0.3) is 5.91 Å². The van der Waals surface area contributed by atoms with Gasteiger partial charge in [0.15, 0.2) is 0 Å². The van der Waals surface area contributed by atoms with Crippen molar-refractivity contribution < 1.29 is 18.5 Å². The van der Waals surface area contributed by atoms with Gasteiger partial charge in [0.2, 0.25) is 0 Å². The Bertz CT molecular complexity index is 1540. The predicted molar refractivity (Wildman–Crippen MR) is 169 cm³/mol. The Kier molecular flexibility index (Phi) is 8.89. The third-order valence-corrected chi connectivity index (χ3v) is 10.1. The van der Waals surface area contributed by atoms with Gasteiger partial charge in [-0.1, -0.05) is 54.6 Å². The molecule has 0 aliphatic carbocycles. The average Bonchev–Trinajstić information content (AvgIpc) is 3.40. The van der Waals surface area contributed by atoms with Gasteiger partial charge in [-0.25, -0.2) is 9.00 Å². The van der Waals surface area contributed by atoms with Crippen LogP contribution in [-0.2, 0) is 25.7 Å². The molecule has 2 aliphatic rings. The number of nitrogens with one attached hydrogen (secondary N) is 1. The molecule has 0 saturated carbocycles. The highest BCUT2D eigenvalue weighted by Crippen LogP contribution is 2.27. The van der Waals surface area contributed by atoms with E-state index in [2.05, 4.69) is 76.1 Å². The van der Waals surface area contributed by atoms with Crippen LogP contribution in [0.2, 0.25) is 0 Å². The van der Waals surface area contributed by atoms with Gasteiger partial charge in [0.05, 0.1) is 27.7 Å². The number of nitrogens with zero attached hydrogens (tertiary/aromatic N) is 3. The number of rotatable bonds is 6. The van der Waals surface area contributed by atoms with Crippen molar-refractivity contribution in [3.8, 4) is 0 Å². The topological polar surface area (TPSA) is 91.3 Å². The molecule has 0 radical (unpaired) electrons. The second-order valence-electron chi connectivity index (χ2n) is 12.4. The van der Waals surface area contributed by atoms with Gasteiger partial charge in [-0.15, -0.1) is 0 Å². The molecular weight excluding hydrogens is 548 g/mol. The van der Waals surface area contributed by atoms with E-state index in [-0.39, 0.29) is 43.0 Å². The maximum Gasteiger partial charge on any atom is 0.410 e. The summed E-state index contributed by atoms with van der Waals surface area (Å²) in [6, 6.07) is 23.7. The molecule has 0 spiro atoms. The number of carbonyl (C=O) groups excluding carboxylic acids is 2. The molecule has 2 aliphatic heterocycles. The molecule has 1 N–H and O–H groups in total. The minimum Gasteiger partial charge on any atom is -0.444 e. The Morgan fingerprint density at radius 1 is 1.00 bits per heavy atom. The van der Waals surface area contributed by atoms with Crippen molar-refractivity contribution in [2.45, 2.75) is 58.2 Å². The Balaban J connectivity index is 1.12. The van der Waals surface area contributed by atoms with Crippen LogP contribution < -0.4 is 10.2 Å². The lowest BCUT2D eigenvalue weighted by Gasteiger charge is -2.30. The molecule has 2 amide bonds. The summed E-state index contributed by atoms with van der Waals surface area (Å²) in [4.78, 5) is 28.9. The highest BCUT2D eigenvalue weighted by molar-refractivity contribution is 7.94. The molecule has 2 atom stereocenters. The number of ether oxygens (including phenoxy) is 1. The molecule has 3 aromatic carbocycles. The minimum atomic E-state index is -2.68. The van der Waals surface area contributed by atoms with Crippen LogP contribution >= 0.6 is 0 Å². The summed E-state index contributed by atoms with van der Waals surface area (Å²) in [6.45, 7) is 10.1. The van der Waals surface area contributed by atoms with Crippen molar-refractivity contribution in [2.24, 2.45) is 4.36 Å². The summed E-state index contributed by atoms with van der Waals surface area (Å²) in [6.07, 6.45) is 0.753. The van der Waals surface area contributed by atoms with E-state index < -0.39 is 21.4 Å². The molecule has 0 unspecified atom stereocenters. The summed E-state index contributed by atoms with van der Waals surface area (Å²) in [5, 5.41) is 6.39. The van der Waals surface area contributed by atoms with Gasteiger partial charge in [-0.3, -0.25) is 4.79 Å². The average molecular weight is 591 g/mol. The Morgan fingerprint density at radius 3 is 2.40 bits per heavy atom. The van der Waals surface area contributed by atoms with Gasteiger partial charge in [-0.05, 0) is 68.1 Å². The number of hydrogen-bond donors (Lipinski definition) is 1. The number of hydrogen-bond acceptors (Lipinski definition) is 6. The summed E-state index contributed by atoms with van der Waals surface area (Å²) >= 11 is 0. The zero-order valence-corrected chi connectivity index (χ0v) is 25.9. The van der Waals surface area contributed by atoms with E-state index in [0.717, 1.165) is 30.8 Å². The van der Waals surface area contributed by atoms with Crippen molar-refractivity contribution >= 4 is 38.2 Å². The van der Waals surface area contributed by atoms with Gasteiger partial charge < -0.3 is 19.9 Å². The molecule has 224 valence electrons. The number of amides is 2. The van der Waals surface area contributed by atoms with E-state index in [1.165, 1.54) is 21.2 Å². The third kappa shape index (κ3) is 7.50. The van der Waals surface area contributed by atoms with Gasteiger partial charge in [0, 0.05) is 44.0 Å². The van der Waals surface area contributed by atoms with E-state index in [4.69, 9.17) is 4.74 Å². The highest BCUT2D eigenvalue weighted by atomic mass is 32.2. The maximum absolute atomic E-state index is 13.2. The maximum atomic E-state index is 13.2. The summed E-state index contributed by atoms with van der Waals surface area (Å²) in [7, 11) is -2.68. The number of carbonyl (C=O) groups is 2. The quantitative estimate of drug-likeness (QED) is 0.405. The fraction of sp³-hybridized carbons (Fsp3) is 0.455. The number of benzene rings is 3. The zero-order chi connectivity index (χ0) is 29.9. The molecular formula is C33H42N4O4S. The van der Waals surface area contributed by atoms with E-state index >= 15 is 0 Å². The first kappa shape index (κ1) is 30.0. The van der Waals surface area contributed by atoms with Crippen molar-refractivity contribution in [2.75, 3.05) is 42.6 Å². The summed E-state index contributed by atoms with van der Waals surface area (Å²) < 4.78 is 22.7. The summed E-state index contributed by atoms with van der Waals surface area (Å²) in [5.74, 6) is -0.0215. The van der Waals surface area contributed by atoms with Crippen LogP contribution in [0.15, 0.2) is 71.1 Å². The van der Waals surface area contributed by atoms with Crippen LogP contribution in [-0.4, -0.2) is 70.4 Å². The monoisotopic (exact) mass is 590 g/mol. The van der Waals surface area contributed by atoms with Crippen LogP contribution in [0, 0.1) is 0 Å². The molecule has 42 heavy (non-hydrogen) atoms. The van der Waals surface area contributed by atoms with Crippen molar-refractivity contribution in [3.63, 3.8) is 0 Å². The van der Waals surface area contributed by atoms with Crippen LogP contribution in [0.3, 0.4) is 0 Å². The van der Waals surface area contributed by atoms with Crippen molar-refractivity contribution in [1.82, 2.24) is 10.2 Å². The van der Waals surface area contributed by atoms with Crippen LogP contribution in [0.1, 0.15) is 51.3 Å². The van der Waals surface area contributed by atoms with Crippen molar-refractivity contribution in [1.29, 1.82) is 0 Å².